The number of benzene rings is 1. The van der Waals surface area contributed by atoms with Gasteiger partial charge in [0.2, 0.25) is 11.7 Å². The number of imidazole rings is 1. The molecule has 3 aromatic rings. The Labute approximate surface area is 159 Å². The Morgan fingerprint density at radius 2 is 2.07 bits per heavy atom. The number of anilines is 1. The molecule has 1 amide bonds. The van der Waals surface area contributed by atoms with Gasteiger partial charge in [-0.3, -0.25) is 9.20 Å². The first-order valence-electron chi connectivity index (χ1n) is 8.75. The van der Waals surface area contributed by atoms with E-state index in [4.69, 9.17) is 0 Å². The third-order valence-corrected chi connectivity index (χ3v) is 4.88. The van der Waals surface area contributed by atoms with E-state index in [2.05, 4.69) is 15.3 Å². The first-order chi connectivity index (χ1) is 13.2. The fourth-order valence-corrected chi connectivity index (χ4v) is 3.45. The molecule has 0 saturated heterocycles. The van der Waals surface area contributed by atoms with Gasteiger partial charge < -0.3 is 10.2 Å². The highest BCUT2D eigenvalue weighted by atomic mass is 19.4. The van der Waals surface area contributed by atoms with E-state index in [1.165, 1.54) is 13.0 Å². The lowest BCUT2D eigenvalue weighted by Gasteiger charge is -2.13. The number of aryl methyl sites for hydroxylation is 1. The quantitative estimate of drug-likeness (QED) is 0.745. The van der Waals surface area contributed by atoms with E-state index in [1.54, 1.807) is 17.2 Å². The summed E-state index contributed by atoms with van der Waals surface area (Å²) in [5.74, 6) is 0.980. The molecule has 0 saturated carbocycles. The monoisotopic (exact) mass is 389 g/mol. The first-order valence-corrected chi connectivity index (χ1v) is 8.75. The number of nitrogens with one attached hydrogen (secondary N) is 1. The highest BCUT2D eigenvalue weighted by Crippen LogP contribution is 2.31. The number of nitrogens with zero attached hydrogens (tertiary/aromatic N) is 4. The summed E-state index contributed by atoms with van der Waals surface area (Å²) in [4.78, 5) is 22.4. The Kier molecular flexibility index (Phi) is 4.24. The number of rotatable bonds is 3. The van der Waals surface area contributed by atoms with Gasteiger partial charge in [-0.25, -0.2) is 4.98 Å². The summed E-state index contributed by atoms with van der Waals surface area (Å²) in [6.07, 6.45) is -2.68. The maximum Gasteiger partial charge on any atom is 0.416 e. The first kappa shape index (κ1) is 18.3. The van der Waals surface area contributed by atoms with Gasteiger partial charge in [-0.1, -0.05) is 12.1 Å². The second kappa shape index (κ2) is 6.50. The minimum atomic E-state index is -4.39. The summed E-state index contributed by atoms with van der Waals surface area (Å²) in [6, 6.07) is 5.18. The lowest BCUT2D eigenvalue weighted by Crippen LogP contribution is -2.22. The van der Waals surface area contributed by atoms with Crippen molar-refractivity contribution >= 4 is 17.5 Å². The third kappa shape index (κ3) is 3.17. The molecule has 6 nitrogen and oxygen atoms in total. The molecule has 0 fully saturated rings. The average Bonchev–Trinajstić information content (AvgIpc) is 3.23. The fourth-order valence-electron chi connectivity index (χ4n) is 3.45. The smallest absolute Gasteiger partial charge is 0.366 e. The number of carbonyl (C=O) groups excluding carboxylic acids is 1. The summed E-state index contributed by atoms with van der Waals surface area (Å²) in [5, 5.41) is 3.13. The average molecular weight is 389 g/mol. The molecule has 0 unspecified atom stereocenters. The number of halogens is 3. The molecule has 0 spiro atoms. The summed E-state index contributed by atoms with van der Waals surface area (Å²) in [6.45, 7) is 4.44. The number of alkyl halides is 3. The van der Waals surface area contributed by atoms with Gasteiger partial charge in [0.15, 0.2) is 0 Å². The van der Waals surface area contributed by atoms with Gasteiger partial charge in [0, 0.05) is 24.7 Å². The molecule has 1 aromatic carbocycles. The van der Waals surface area contributed by atoms with Crippen molar-refractivity contribution < 1.29 is 18.0 Å². The molecule has 146 valence electrons. The zero-order valence-corrected chi connectivity index (χ0v) is 15.3. The summed E-state index contributed by atoms with van der Waals surface area (Å²) < 4.78 is 40.7. The van der Waals surface area contributed by atoms with E-state index in [0.717, 1.165) is 29.1 Å². The Morgan fingerprint density at radius 1 is 1.29 bits per heavy atom. The van der Waals surface area contributed by atoms with Crippen LogP contribution in [0, 0.1) is 6.92 Å². The van der Waals surface area contributed by atoms with E-state index in [0.29, 0.717) is 30.2 Å². The lowest BCUT2D eigenvalue weighted by molar-refractivity contribution is -0.137. The van der Waals surface area contributed by atoms with Crippen LogP contribution in [0.2, 0.25) is 0 Å². The van der Waals surface area contributed by atoms with Gasteiger partial charge in [0.05, 0.1) is 30.5 Å². The van der Waals surface area contributed by atoms with Crippen LogP contribution in [0.1, 0.15) is 35.0 Å². The summed E-state index contributed by atoms with van der Waals surface area (Å²) >= 11 is 0. The van der Waals surface area contributed by atoms with E-state index >= 15 is 0 Å². The van der Waals surface area contributed by atoms with Gasteiger partial charge in [0.1, 0.15) is 5.82 Å². The molecule has 1 N–H and O–H groups in total. The molecule has 3 heterocycles. The van der Waals surface area contributed by atoms with Crippen LogP contribution in [-0.2, 0) is 30.6 Å². The Hall–Kier alpha value is -3.10. The van der Waals surface area contributed by atoms with Crippen LogP contribution < -0.4 is 5.32 Å². The molecule has 0 atom stereocenters. The predicted molar refractivity (Wildman–Crippen MR) is 96.4 cm³/mol. The van der Waals surface area contributed by atoms with Gasteiger partial charge in [-0.2, -0.15) is 18.2 Å². The Balaban J connectivity index is 1.67. The molecule has 28 heavy (non-hydrogen) atoms. The molecule has 4 rings (SSSR count). The van der Waals surface area contributed by atoms with Crippen molar-refractivity contribution in [3.8, 4) is 0 Å². The Morgan fingerprint density at radius 3 is 2.79 bits per heavy atom. The highest BCUT2D eigenvalue weighted by Gasteiger charge is 2.31. The summed E-state index contributed by atoms with van der Waals surface area (Å²) in [7, 11) is 0. The van der Waals surface area contributed by atoms with Gasteiger partial charge in [0.25, 0.3) is 0 Å². The van der Waals surface area contributed by atoms with Crippen molar-refractivity contribution in [1.29, 1.82) is 0 Å². The normalized spacial score (nSPS) is 13.8. The molecular formula is C19H18F3N5O. The second-order valence-electron chi connectivity index (χ2n) is 6.85. The van der Waals surface area contributed by atoms with Gasteiger partial charge in [-0.05, 0) is 24.6 Å². The minimum absolute atomic E-state index is 0.0500. The zero-order chi connectivity index (χ0) is 20.1. The standard InChI is InChI=1S/C19H18F3N5O/c1-11-7-24-18-25-17(15-9-26(12(2)28)10-16(15)27(11)18)23-8-13-4-3-5-14(6-13)19(20,21)22/h3-7H,8-10H2,1-2H3,(H,23,24,25). The van der Waals surface area contributed by atoms with Crippen LogP contribution in [-0.4, -0.2) is 25.2 Å². The number of fused-ring (bicyclic) bond motifs is 3. The van der Waals surface area contributed by atoms with Gasteiger partial charge in [-0.15, -0.1) is 0 Å². The second-order valence-corrected chi connectivity index (χ2v) is 6.85. The largest absolute Gasteiger partial charge is 0.416 e. The zero-order valence-electron chi connectivity index (χ0n) is 15.3. The molecule has 0 radical (unpaired) electrons. The predicted octanol–water partition coefficient (Wildman–Crippen LogP) is 3.53. The fraction of sp³-hybridized carbons (Fsp3) is 0.316. The molecule has 1 aliphatic rings. The third-order valence-electron chi connectivity index (χ3n) is 4.88. The van der Waals surface area contributed by atoms with E-state index in [1.807, 2.05) is 11.3 Å². The van der Waals surface area contributed by atoms with E-state index < -0.39 is 11.7 Å². The molecule has 9 heteroatoms. The maximum absolute atomic E-state index is 12.9. The molecule has 1 aliphatic heterocycles. The summed E-state index contributed by atoms with van der Waals surface area (Å²) in [5.41, 5.74) is 2.49. The lowest BCUT2D eigenvalue weighted by atomic mass is 10.1. The number of hydrogen-bond acceptors (Lipinski definition) is 4. The van der Waals surface area contributed by atoms with Crippen molar-refractivity contribution in [3.63, 3.8) is 0 Å². The van der Waals surface area contributed by atoms with Crippen molar-refractivity contribution in [1.82, 2.24) is 19.3 Å². The molecule has 0 aliphatic carbocycles. The number of hydrogen-bond donors (Lipinski definition) is 1. The van der Waals surface area contributed by atoms with Crippen LogP contribution in [0.25, 0.3) is 5.78 Å². The maximum atomic E-state index is 12.9. The molecular weight excluding hydrogens is 371 g/mol. The van der Waals surface area contributed by atoms with Crippen molar-refractivity contribution in [2.45, 2.75) is 39.7 Å². The van der Waals surface area contributed by atoms with Crippen LogP contribution >= 0.6 is 0 Å². The van der Waals surface area contributed by atoms with Crippen molar-refractivity contribution in [2.75, 3.05) is 5.32 Å². The van der Waals surface area contributed by atoms with Crippen LogP contribution in [0.15, 0.2) is 30.5 Å². The minimum Gasteiger partial charge on any atom is -0.366 e. The van der Waals surface area contributed by atoms with Crippen LogP contribution in [0.4, 0.5) is 19.0 Å². The molecule has 2 aromatic heterocycles. The van der Waals surface area contributed by atoms with Crippen LogP contribution in [0.5, 0.6) is 0 Å². The molecule has 0 bridgehead atoms. The number of carbonyl (C=O) groups is 1. The SMILES string of the molecule is CC(=O)N1Cc2c(NCc3cccc(C(F)(F)F)c3)nc3ncc(C)n3c2C1. The van der Waals surface area contributed by atoms with E-state index in [9.17, 15) is 18.0 Å². The van der Waals surface area contributed by atoms with E-state index in [-0.39, 0.29) is 12.5 Å². The van der Waals surface area contributed by atoms with Crippen molar-refractivity contribution in [3.05, 3.63) is 58.5 Å². The van der Waals surface area contributed by atoms with Crippen molar-refractivity contribution in [2.24, 2.45) is 0 Å². The van der Waals surface area contributed by atoms with Gasteiger partial charge >= 0.3 is 6.18 Å². The number of aromatic nitrogens is 3. The van der Waals surface area contributed by atoms with Crippen LogP contribution in [0.3, 0.4) is 0 Å². The highest BCUT2D eigenvalue weighted by molar-refractivity contribution is 5.75. The number of amides is 1. The Bertz CT molecular complexity index is 1070. The topological polar surface area (TPSA) is 62.5 Å².